The highest BCUT2D eigenvalue weighted by atomic mass is 35.5. The van der Waals surface area contributed by atoms with Crippen molar-refractivity contribution in [1.29, 1.82) is 5.41 Å². The van der Waals surface area contributed by atoms with E-state index in [4.69, 9.17) is 17.0 Å². The fourth-order valence-electron chi connectivity index (χ4n) is 2.85. The van der Waals surface area contributed by atoms with E-state index >= 15 is 0 Å². The maximum absolute atomic E-state index is 13.4. The van der Waals surface area contributed by atoms with Crippen LogP contribution in [0.1, 0.15) is 24.2 Å². The zero-order chi connectivity index (χ0) is 19.7. The van der Waals surface area contributed by atoms with E-state index in [1.54, 1.807) is 6.07 Å². The van der Waals surface area contributed by atoms with Crippen molar-refractivity contribution in [3.05, 3.63) is 52.7 Å². The Labute approximate surface area is 160 Å². The molecule has 0 radical (unpaired) electrons. The van der Waals surface area contributed by atoms with E-state index < -0.39 is 5.82 Å². The summed E-state index contributed by atoms with van der Waals surface area (Å²) in [6, 6.07) is 5.33. The lowest BCUT2D eigenvalue weighted by Gasteiger charge is -2.18. The number of nitrogens with zero attached hydrogens (tertiary/aromatic N) is 4. The Kier molecular flexibility index (Phi) is 5.41. The molecule has 0 spiro atoms. The molecule has 3 rings (SSSR count). The number of hydroxylamine groups is 1. The van der Waals surface area contributed by atoms with E-state index in [-0.39, 0.29) is 22.5 Å². The molecule has 27 heavy (non-hydrogen) atoms. The van der Waals surface area contributed by atoms with Gasteiger partial charge < -0.3 is 9.88 Å². The second-order valence-corrected chi connectivity index (χ2v) is 7.01. The minimum atomic E-state index is -0.597. The number of aromatic amines is 1. The van der Waals surface area contributed by atoms with Crippen molar-refractivity contribution in [2.75, 3.05) is 25.7 Å². The fourth-order valence-corrected chi connectivity index (χ4v) is 3.03. The Morgan fingerprint density at radius 3 is 2.78 bits per heavy atom. The zero-order valence-corrected chi connectivity index (χ0v) is 15.9. The SMILES string of the molecule is CC(CN(C)C)c1nc2nccc(C(=N)N(O)c3ccc(F)c(Cl)c3)c2[nH]1. The fraction of sp³-hybridized carbons (Fsp3) is 0.278. The van der Waals surface area contributed by atoms with Crippen LogP contribution >= 0.6 is 11.6 Å². The highest BCUT2D eigenvalue weighted by Crippen LogP contribution is 2.25. The van der Waals surface area contributed by atoms with E-state index in [1.807, 2.05) is 21.0 Å². The summed E-state index contributed by atoms with van der Waals surface area (Å²) in [6.45, 7) is 2.84. The molecule has 0 aliphatic carbocycles. The number of halogens is 2. The third-order valence-electron chi connectivity index (χ3n) is 4.13. The smallest absolute Gasteiger partial charge is 0.178 e. The summed E-state index contributed by atoms with van der Waals surface area (Å²) in [4.78, 5) is 14.0. The van der Waals surface area contributed by atoms with Crippen LogP contribution in [-0.2, 0) is 0 Å². The van der Waals surface area contributed by atoms with Gasteiger partial charge in [-0.15, -0.1) is 0 Å². The van der Waals surface area contributed by atoms with Gasteiger partial charge >= 0.3 is 0 Å². The van der Waals surface area contributed by atoms with Crippen molar-refractivity contribution < 1.29 is 9.60 Å². The molecular formula is C18H20ClFN6O. The Balaban J connectivity index is 1.96. The van der Waals surface area contributed by atoms with Crippen LogP contribution in [0.15, 0.2) is 30.5 Å². The molecule has 0 amide bonds. The maximum atomic E-state index is 13.4. The summed E-state index contributed by atoms with van der Waals surface area (Å²) < 4.78 is 13.4. The van der Waals surface area contributed by atoms with E-state index in [0.717, 1.165) is 18.4 Å². The van der Waals surface area contributed by atoms with E-state index in [9.17, 15) is 9.60 Å². The molecule has 142 valence electrons. The van der Waals surface area contributed by atoms with Crippen LogP contribution in [0.4, 0.5) is 10.1 Å². The van der Waals surface area contributed by atoms with Gasteiger partial charge in [0.15, 0.2) is 11.5 Å². The number of H-pyrrole nitrogens is 1. The van der Waals surface area contributed by atoms with Crippen LogP contribution in [0.3, 0.4) is 0 Å². The predicted molar refractivity (Wildman–Crippen MR) is 103 cm³/mol. The van der Waals surface area contributed by atoms with Gasteiger partial charge in [0.1, 0.15) is 11.6 Å². The molecule has 2 heterocycles. The number of hydrogen-bond donors (Lipinski definition) is 3. The first kappa shape index (κ1) is 19.2. The van der Waals surface area contributed by atoms with Crippen molar-refractivity contribution >= 4 is 34.3 Å². The largest absolute Gasteiger partial charge is 0.340 e. The molecule has 0 bridgehead atoms. The number of rotatable bonds is 5. The summed E-state index contributed by atoms with van der Waals surface area (Å²) in [5.74, 6) is 0.0819. The van der Waals surface area contributed by atoms with Crippen LogP contribution < -0.4 is 5.06 Å². The maximum Gasteiger partial charge on any atom is 0.178 e. The van der Waals surface area contributed by atoms with E-state index in [0.29, 0.717) is 21.8 Å². The molecular weight excluding hydrogens is 371 g/mol. The van der Waals surface area contributed by atoms with E-state index in [2.05, 4.69) is 19.9 Å². The van der Waals surface area contributed by atoms with Crippen molar-refractivity contribution in [3.8, 4) is 0 Å². The number of pyridine rings is 1. The number of hydrogen-bond acceptors (Lipinski definition) is 5. The highest BCUT2D eigenvalue weighted by Gasteiger charge is 2.20. The molecule has 0 saturated carbocycles. The lowest BCUT2D eigenvalue weighted by atomic mass is 10.1. The first-order valence-corrected chi connectivity index (χ1v) is 8.68. The predicted octanol–water partition coefficient (Wildman–Crippen LogP) is 3.64. The standard InChI is InChI=1S/C18H20ClFN6O/c1-10(9-25(2)3)17-23-15-12(6-7-22-18(15)24-17)16(21)26(27)11-4-5-14(20)13(19)8-11/h4-8,10,21,27H,9H2,1-3H3,(H,22,23,24). The van der Waals surface area contributed by atoms with Crippen molar-refractivity contribution in [3.63, 3.8) is 0 Å². The van der Waals surface area contributed by atoms with Crippen LogP contribution in [0.25, 0.3) is 11.2 Å². The zero-order valence-electron chi connectivity index (χ0n) is 15.2. The van der Waals surface area contributed by atoms with Crippen molar-refractivity contribution in [2.24, 2.45) is 0 Å². The third-order valence-corrected chi connectivity index (χ3v) is 4.42. The molecule has 0 fully saturated rings. The summed E-state index contributed by atoms with van der Waals surface area (Å²) >= 11 is 5.77. The molecule has 1 atom stereocenters. The Bertz CT molecular complexity index is 989. The average Bonchev–Trinajstić information content (AvgIpc) is 3.06. The minimum Gasteiger partial charge on any atom is -0.340 e. The van der Waals surface area contributed by atoms with Gasteiger partial charge in [0.2, 0.25) is 0 Å². The number of aromatic nitrogens is 3. The minimum absolute atomic E-state index is 0.136. The summed E-state index contributed by atoms with van der Waals surface area (Å²) in [5.41, 5.74) is 1.61. The number of amidine groups is 1. The summed E-state index contributed by atoms with van der Waals surface area (Å²) in [7, 11) is 3.96. The van der Waals surface area contributed by atoms with Gasteiger partial charge in [-0.05, 0) is 38.4 Å². The van der Waals surface area contributed by atoms with Crippen molar-refractivity contribution in [1.82, 2.24) is 19.9 Å². The monoisotopic (exact) mass is 390 g/mol. The first-order valence-electron chi connectivity index (χ1n) is 8.30. The lowest BCUT2D eigenvalue weighted by Crippen LogP contribution is -2.27. The number of benzene rings is 1. The third kappa shape index (κ3) is 3.92. The topological polar surface area (TPSA) is 92.1 Å². The van der Waals surface area contributed by atoms with Crippen molar-refractivity contribution in [2.45, 2.75) is 12.8 Å². The normalized spacial score (nSPS) is 12.6. The molecule has 0 aliphatic heterocycles. The Morgan fingerprint density at radius 2 is 2.11 bits per heavy atom. The van der Waals surface area contributed by atoms with Crippen LogP contribution in [0.2, 0.25) is 5.02 Å². The van der Waals surface area contributed by atoms with Gasteiger partial charge in [-0.2, -0.15) is 0 Å². The van der Waals surface area contributed by atoms with Gasteiger partial charge in [0, 0.05) is 24.2 Å². The quantitative estimate of drug-likeness (QED) is 0.351. The first-order chi connectivity index (χ1) is 12.8. The molecule has 1 unspecified atom stereocenters. The van der Waals surface area contributed by atoms with Gasteiger partial charge in [0.05, 0.1) is 16.2 Å². The number of anilines is 1. The van der Waals surface area contributed by atoms with Gasteiger partial charge in [-0.25, -0.2) is 19.4 Å². The number of imidazole rings is 1. The van der Waals surface area contributed by atoms with Gasteiger partial charge in [-0.3, -0.25) is 10.6 Å². The molecule has 1 aromatic carbocycles. The number of likely N-dealkylation sites (N-methyl/N-ethyl adjacent to an activating group) is 1. The van der Waals surface area contributed by atoms with Crippen LogP contribution in [-0.4, -0.2) is 51.5 Å². The second kappa shape index (κ2) is 7.59. The molecule has 9 heteroatoms. The lowest BCUT2D eigenvalue weighted by molar-refractivity contribution is 0.312. The van der Waals surface area contributed by atoms with Crippen LogP contribution in [0.5, 0.6) is 0 Å². The van der Waals surface area contributed by atoms with E-state index in [1.165, 1.54) is 18.3 Å². The molecule has 0 saturated heterocycles. The Morgan fingerprint density at radius 1 is 1.37 bits per heavy atom. The van der Waals surface area contributed by atoms with Gasteiger partial charge in [-0.1, -0.05) is 18.5 Å². The van der Waals surface area contributed by atoms with Gasteiger partial charge in [0.25, 0.3) is 0 Å². The number of fused-ring (bicyclic) bond motifs is 1. The molecule has 3 aromatic rings. The molecule has 3 N–H and O–H groups in total. The number of nitrogens with one attached hydrogen (secondary N) is 2. The Hall–Kier alpha value is -2.55. The van der Waals surface area contributed by atoms with Crippen LogP contribution in [0, 0.1) is 11.2 Å². The molecule has 2 aromatic heterocycles. The summed E-state index contributed by atoms with van der Waals surface area (Å²) in [5, 5.41) is 19.3. The molecule has 0 aliphatic rings. The average molecular weight is 391 g/mol. The highest BCUT2D eigenvalue weighted by molar-refractivity contribution is 6.31. The molecule has 7 nitrogen and oxygen atoms in total. The summed E-state index contributed by atoms with van der Waals surface area (Å²) in [6.07, 6.45) is 1.53. The second-order valence-electron chi connectivity index (χ2n) is 6.60.